The van der Waals surface area contributed by atoms with Gasteiger partial charge in [0.1, 0.15) is 5.82 Å². The Bertz CT molecular complexity index is 267. The number of nitrogens with zero attached hydrogens (tertiary/aromatic N) is 2. The number of nitrogens with two attached hydrogens (primary N) is 1. The molecule has 3 heteroatoms. The molecular formula is C11H17N3. The fourth-order valence-electron chi connectivity index (χ4n) is 2.19. The molecule has 2 N–H and O–H groups in total. The summed E-state index contributed by atoms with van der Waals surface area (Å²) in [5.41, 5.74) is 6.14. The molecule has 0 radical (unpaired) electrons. The Morgan fingerprint density at radius 3 is 2.43 bits per heavy atom. The average molecular weight is 191 g/mol. The highest BCUT2D eigenvalue weighted by molar-refractivity contribution is 4.97. The third kappa shape index (κ3) is 2.10. The first-order chi connectivity index (χ1) is 6.88. The van der Waals surface area contributed by atoms with Gasteiger partial charge in [0.2, 0.25) is 0 Å². The minimum atomic E-state index is 0.0384. The first kappa shape index (κ1) is 9.59. The molecule has 1 atom stereocenters. The molecule has 1 aliphatic rings. The smallest absolute Gasteiger partial charge is 0.145 e. The second-order valence-corrected chi connectivity index (χ2v) is 4.03. The normalized spacial score (nSPS) is 20.6. The average Bonchev–Trinajstić information content (AvgIpc) is 2.30. The number of hydrogen-bond acceptors (Lipinski definition) is 3. The SMILES string of the molecule is NC(c1ncccn1)C1CCCCC1. The van der Waals surface area contributed by atoms with Crippen molar-refractivity contribution in [1.29, 1.82) is 0 Å². The lowest BCUT2D eigenvalue weighted by Gasteiger charge is -2.26. The molecule has 76 valence electrons. The highest BCUT2D eigenvalue weighted by atomic mass is 14.9. The molecule has 1 aromatic heterocycles. The lowest BCUT2D eigenvalue weighted by atomic mass is 9.84. The zero-order chi connectivity index (χ0) is 9.80. The second-order valence-electron chi connectivity index (χ2n) is 4.03. The van der Waals surface area contributed by atoms with E-state index in [0.29, 0.717) is 5.92 Å². The van der Waals surface area contributed by atoms with Crippen LogP contribution < -0.4 is 5.73 Å². The zero-order valence-corrected chi connectivity index (χ0v) is 8.39. The van der Waals surface area contributed by atoms with Crippen molar-refractivity contribution >= 4 is 0 Å². The Kier molecular flexibility index (Phi) is 3.09. The van der Waals surface area contributed by atoms with Crippen LogP contribution in [0.1, 0.15) is 44.0 Å². The molecule has 1 aromatic rings. The molecule has 1 aliphatic carbocycles. The Morgan fingerprint density at radius 2 is 1.79 bits per heavy atom. The Labute approximate surface area is 84.8 Å². The van der Waals surface area contributed by atoms with Gasteiger partial charge in [0.15, 0.2) is 0 Å². The van der Waals surface area contributed by atoms with Crippen LogP contribution in [0.15, 0.2) is 18.5 Å². The summed E-state index contributed by atoms with van der Waals surface area (Å²) < 4.78 is 0. The summed E-state index contributed by atoms with van der Waals surface area (Å²) in [5.74, 6) is 1.39. The molecule has 0 bridgehead atoms. The number of aromatic nitrogens is 2. The summed E-state index contributed by atoms with van der Waals surface area (Å²) in [5, 5.41) is 0. The minimum Gasteiger partial charge on any atom is -0.321 e. The molecule has 0 aliphatic heterocycles. The second kappa shape index (κ2) is 4.51. The lowest BCUT2D eigenvalue weighted by Crippen LogP contribution is -2.25. The first-order valence-electron chi connectivity index (χ1n) is 5.40. The molecule has 2 rings (SSSR count). The maximum absolute atomic E-state index is 6.14. The molecule has 1 heterocycles. The van der Waals surface area contributed by atoms with Crippen molar-refractivity contribution in [1.82, 2.24) is 9.97 Å². The summed E-state index contributed by atoms with van der Waals surface area (Å²) >= 11 is 0. The molecule has 0 amide bonds. The number of rotatable bonds is 2. The summed E-state index contributed by atoms with van der Waals surface area (Å²) in [6, 6.07) is 1.87. The van der Waals surface area contributed by atoms with Crippen LogP contribution >= 0.6 is 0 Å². The standard InChI is InChI=1S/C11H17N3/c12-10(9-5-2-1-3-6-9)11-13-7-4-8-14-11/h4,7-10H,1-3,5-6,12H2. The van der Waals surface area contributed by atoms with Gasteiger partial charge < -0.3 is 5.73 Å². The van der Waals surface area contributed by atoms with E-state index in [1.165, 1.54) is 32.1 Å². The minimum absolute atomic E-state index is 0.0384. The van der Waals surface area contributed by atoms with Gasteiger partial charge in [0.25, 0.3) is 0 Å². The van der Waals surface area contributed by atoms with Gasteiger partial charge in [-0.1, -0.05) is 19.3 Å². The third-order valence-electron chi connectivity index (χ3n) is 3.04. The molecule has 0 aromatic carbocycles. The van der Waals surface area contributed by atoms with E-state index < -0.39 is 0 Å². The highest BCUT2D eigenvalue weighted by Gasteiger charge is 2.23. The van der Waals surface area contributed by atoms with Gasteiger partial charge in [0, 0.05) is 12.4 Å². The lowest BCUT2D eigenvalue weighted by molar-refractivity contribution is 0.301. The Morgan fingerprint density at radius 1 is 1.14 bits per heavy atom. The van der Waals surface area contributed by atoms with E-state index in [0.717, 1.165) is 5.82 Å². The van der Waals surface area contributed by atoms with E-state index in [1.807, 2.05) is 6.07 Å². The Hall–Kier alpha value is -0.960. The van der Waals surface area contributed by atoms with Gasteiger partial charge >= 0.3 is 0 Å². The van der Waals surface area contributed by atoms with Crippen LogP contribution in [0, 0.1) is 5.92 Å². The van der Waals surface area contributed by atoms with E-state index in [9.17, 15) is 0 Å². The van der Waals surface area contributed by atoms with Crippen LogP contribution in [0.4, 0.5) is 0 Å². The van der Waals surface area contributed by atoms with Crippen molar-refractivity contribution < 1.29 is 0 Å². The molecule has 0 spiro atoms. The van der Waals surface area contributed by atoms with Gasteiger partial charge in [-0.25, -0.2) is 9.97 Å². The topological polar surface area (TPSA) is 51.8 Å². The van der Waals surface area contributed by atoms with Crippen LogP contribution in [0.5, 0.6) is 0 Å². The maximum atomic E-state index is 6.14. The molecule has 14 heavy (non-hydrogen) atoms. The van der Waals surface area contributed by atoms with Crippen LogP contribution in [-0.4, -0.2) is 9.97 Å². The van der Waals surface area contributed by atoms with Crippen LogP contribution in [0.3, 0.4) is 0 Å². The van der Waals surface area contributed by atoms with E-state index >= 15 is 0 Å². The summed E-state index contributed by atoms with van der Waals surface area (Å²) in [4.78, 5) is 8.44. The molecular weight excluding hydrogens is 174 g/mol. The molecule has 1 unspecified atom stereocenters. The van der Waals surface area contributed by atoms with E-state index in [1.54, 1.807) is 12.4 Å². The molecule has 1 saturated carbocycles. The highest BCUT2D eigenvalue weighted by Crippen LogP contribution is 2.31. The maximum Gasteiger partial charge on any atom is 0.145 e. The zero-order valence-electron chi connectivity index (χ0n) is 8.39. The summed E-state index contributed by atoms with van der Waals surface area (Å²) in [6.45, 7) is 0. The van der Waals surface area contributed by atoms with Crippen molar-refractivity contribution in [2.24, 2.45) is 11.7 Å². The molecule has 3 nitrogen and oxygen atoms in total. The van der Waals surface area contributed by atoms with Crippen molar-refractivity contribution in [2.75, 3.05) is 0 Å². The van der Waals surface area contributed by atoms with E-state index in [4.69, 9.17) is 5.73 Å². The monoisotopic (exact) mass is 191 g/mol. The quantitative estimate of drug-likeness (QED) is 0.778. The van der Waals surface area contributed by atoms with Gasteiger partial charge in [0.05, 0.1) is 6.04 Å². The van der Waals surface area contributed by atoms with Gasteiger partial charge in [-0.2, -0.15) is 0 Å². The van der Waals surface area contributed by atoms with Crippen LogP contribution in [0.2, 0.25) is 0 Å². The van der Waals surface area contributed by atoms with Gasteiger partial charge in [-0.15, -0.1) is 0 Å². The number of hydrogen-bond donors (Lipinski definition) is 1. The predicted molar refractivity (Wildman–Crippen MR) is 55.5 cm³/mol. The third-order valence-corrected chi connectivity index (χ3v) is 3.04. The first-order valence-corrected chi connectivity index (χ1v) is 5.40. The summed E-state index contributed by atoms with van der Waals surface area (Å²) in [6.07, 6.45) is 9.99. The Balaban J connectivity index is 2.03. The van der Waals surface area contributed by atoms with E-state index in [-0.39, 0.29) is 6.04 Å². The fraction of sp³-hybridized carbons (Fsp3) is 0.636. The van der Waals surface area contributed by atoms with Crippen LogP contribution in [-0.2, 0) is 0 Å². The summed E-state index contributed by atoms with van der Waals surface area (Å²) in [7, 11) is 0. The van der Waals surface area contributed by atoms with E-state index in [2.05, 4.69) is 9.97 Å². The largest absolute Gasteiger partial charge is 0.321 e. The molecule has 0 saturated heterocycles. The predicted octanol–water partition coefficient (Wildman–Crippen LogP) is 2.06. The van der Waals surface area contributed by atoms with Crippen molar-refractivity contribution in [3.63, 3.8) is 0 Å². The van der Waals surface area contributed by atoms with Crippen molar-refractivity contribution in [3.8, 4) is 0 Å². The van der Waals surface area contributed by atoms with Gasteiger partial charge in [-0.05, 0) is 24.8 Å². The van der Waals surface area contributed by atoms with Gasteiger partial charge in [-0.3, -0.25) is 0 Å². The van der Waals surface area contributed by atoms with Crippen molar-refractivity contribution in [3.05, 3.63) is 24.3 Å². The van der Waals surface area contributed by atoms with Crippen LogP contribution in [0.25, 0.3) is 0 Å². The fourth-order valence-corrected chi connectivity index (χ4v) is 2.19. The van der Waals surface area contributed by atoms with Crippen molar-refractivity contribution in [2.45, 2.75) is 38.1 Å². The molecule has 1 fully saturated rings.